The molecule has 6 heteroatoms. The Balaban J connectivity index is 1.38. The molecule has 2 aromatic heterocycles. The lowest BCUT2D eigenvalue weighted by Gasteiger charge is -2.10. The largest absolute Gasteiger partial charge is 0.379 e. The van der Waals surface area contributed by atoms with Crippen LogP contribution in [0.15, 0.2) is 24.5 Å². The van der Waals surface area contributed by atoms with Gasteiger partial charge in [-0.05, 0) is 43.9 Å². The first-order valence-electron chi connectivity index (χ1n) is 8.15. The van der Waals surface area contributed by atoms with Crippen LogP contribution in [-0.4, -0.2) is 47.8 Å². The summed E-state index contributed by atoms with van der Waals surface area (Å²) >= 11 is 0. The number of carbonyl (C=O) groups is 1. The fourth-order valence-electron chi connectivity index (χ4n) is 2.65. The molecule has 1 fully saturated rings. The van der Waals surface area contributed by atoms with E-state index in [1.165, 1.54) is 0 Å². The van der Waals surface area contributed by atoms with Gasteiger partial charge in [-0.3, -0.25) is 4.79 Å². The predicted molar refractivity (Wildman–Crippen MR) is 86.7 cm³/mol. The quantitative estimate of drug-likeness (QED) is 0.793. The number of aryl methyl sites for hydroxylation is 1. The van der Waals surface area contributed by atoms with Gasteiger partial charge in [-0.1, -0.05) is 0 Å². The van der Waals surface area contributed by atoms with Crippen LogP contribution in [-0.2, 0) is 9.47 Å². The van der Waals surface area contributed by atoms with E-state index in [9.17, 15) is 4.79 Å². The van der Waals surface area contributed by atoms with Crippen molar-refractivity contribution in [2.45, 2.75) is 32.3 Å². The Morgan fingerprint density at radius 3 is 3.30 bits per heavy atom. The lowest BCUT2D eigenvalue weighted by molar-refractivity contribution is 0.0166. The molecule has 0 spiro atoms. The number of nitrogens with one attached hydrogen (secondary N) is 1. The molecule has 1 amide bonds. The molecule has 0 saturated carbocycles. The van der Waals surface area contributed by atoms with Gasteiger partial charge >= 0.3 is 0 Å². The highest BCUT2D eigenvalue weighted by molar-refractivity contribution is 5.92. The van der Waals surface area contributed by atoms with Gasteiger partial charge in [0.25, 0.3) is 5.91 Å². The van der Waals surface area contributed by atoms with E-state index in [1.807, 2.05) is 29.7 Å². The molecule has 0 radical (unpaired) electrons. The third kappa shape index (κ3) is 4.30. The van der Waals surface area contributed by atoms with Crippen LogP contribution in [0.2, 0.25) is 0 Å². The van der Waals surface area contributed by atoms with Gasteiger partial charge < -0.3 is 19.2 Å². The third-order valence-electron chi connectivity index (χ3n) is 3.93. The van der Waals surface area contributed by atoms with Crippen molar-refractivity contribution in [3.63, 3.8) is 0 Å². The van der Waals surface area contributed by atoms with Crippen LogP contribution in [0.1, 0.15) is 35.3 Å². The highest BCUT2D eigenvalue weighted by atomic mass is 16.5. The zero-order valence-corrected chi connectivity index (χ0v) is 13.5. The normalized spacial score (nSPS) is 17.7. The zero-order chi connectivity index (χ0) is 16.1. The second-order valence-corrected chi connectivity index (χ2v) is 5.92. The summed E-state index contributed by atoms with van der Waals surface area (Å²) in [5, 5.41) is 2.88. The highest BCUT2D eigenvalue weighted by Gasteiger charge is 2.15. The smallest absolute Gasteiger partial charge is 0.271 e. The van der Waals surface area contributed by atoms with Gasteiger partial charge in [0.15, 0.2) is 0 Å². The molecule has 1 aliphatic rings. The van der Waals surface area contributed by atoms with Crippen molar-refractivity contribution < 1.29 is 14.3 Å². The SMILES string of the molecule is Cc1ccn2cc(C(=O)NCCCOC[C@@H]3CCCO3)nc2c1. The minimum atomic E-state index is -0.148. The van der Waals surface area contributed by atoms with E-state index < -0.39 is 0 Å². The summed E-state index contributed by atoms with van der Waals surface area (Å²) in [5.74, 6) is -0.148. The first kappa shape index (κ1) is 16.0. The summed E-state index contributed by atoms with van der Waals surface area (Å²) in [5.41, 5.74) is 2.35. The van der Waals surface area contributed by atoms with E-state index in [0.717, 1.165) is 37.1 Å². The lowest BCUT2D eigenvalue weighted by Crippen LogP contribution is -2.26. The number of pyridine rings is 1. The van der Waals surface area contributed by atoms with Crippen LogP contribution in [0, 0.1) is 6.92 Å². The molecule has 0 aliphatic carbocycles. The second kappa shape index (κ2) is 7.57. The van der Waals surface area contributed by atoms with Crippen molar-refractivity contribution in [2.24, 2.45) is 0 Å². The van der Waals surface area contributed by atoms with Gasteiger partial charge in [0.2, 0.25) is 0 Å². The van der Waals surface area contributed by atoms with Crippen molar-refractivity contribution in [3.05, 3.63) is 35.8 Å². The summed E-state index contributed by atoms with van der Waals surface area (Å²) in [6.07, 6.45) is 6.91. The molecule has 1 atom stereocenters. The average Bonchev–Trinajstić information content (AvgIpc) is 3.19. The molecule has 0 unspecified atom stereocenters. The monoisotopic (exact) mass is 317 g/mol. The molecule has 3 heterocycles. The minimum absolute atomic E-state index is 0.148. The molecule has 0 aromatic carbocycles. The van der Waals surface area contributed by atoms with E-state index >= 15 is 0 Å². The van der Waals surface area contributed by atoms with Crippen molar-refractivity contribution in [1.29, 1.82) is 0 Å². The van der Waals surface area contributed by atoms with Gasteiger partial charge in [0, 0.05) is 32.2 Å². The number of amides is 1. The van der Waals surface area contributed by atoms with Crippen molar-refractivity contribution in [2.75, 3.05) is 26.4 Å². The molecular formula is C17H23N3O3. The fourth-order valence-corrected chi connectivity index (χ4v) is 2.65. The third-order valence-corrected chi connectivity index (χ3v) is 3.93. The van der Waals surface area contributed by atoms with E-state index in [0.29, 0.717) is 25.5 Å². The van der Waals surface area contributed by atoms with Crippen LogP contribution in [0.4, 0.5) is 0 Å². The number of hydrogen-bond donors (Lipinski definition) is 1. The number of imidazole rings is 1. The van der Waals surface area contributed by atoms with E-state index in [2.05, 4.69) is 10.3 Å². The summed E-state index contributed by atoms with van der Waals surface area (Å²) in [4.78, 5) is 16.4. The summed E-state index contributed by atoms with van der Waals surface area (Å²) in [7, 11) is 0. The van der Waals surface area contributed by atoms with Gasteiger partial charge in [-0.15, -0.1) is 0 Å². The number of hydrogen-bond acceptors (Lipinski definition) is 4. The predicted octanol–water partition coefficient (Wildman–Crippen LogP) is 1.96. The van der Waals surface area contributed by atoms with E-state index in [-0.39, 0.29) is 12.0 Å². The molecular weight excluding hydrogens is 294 g/mol. The molecule has 1 aliphatic heterocycles. The van der Waals surface area contributed by atoms with Crippen LogP contribution < -0.4 is 5.32 Å². The average molecular weight is 317 g/mol. The van der Waals surface area contributed by atoms with Crippen LogP contribution >= 0.6 is 0 Å². The highest BCUT2D eigenvalue weighted by Crippen LogP contribution is 2.12. The molecule has 6 nitrogen and oxygen atoms in total. The van der Waals surface area contributed by atoms with Crippen LogP contribution in [0.3, 0.4) is 0 Å². The zero-order valence-electron chi connectivity index (χ0n) is 13.5. The molecule has 1 N–H and O–H groups in total. The first-order valence-corrected chi connectivity index (χ1v) is 8.15. The number of aromatic nitrogens is 2. The number of carbonyl (C=O) groups excluding carboxylic acids is 1. The summed E-state index contributed by atoms with van der Waals surface area (Å²) in [6.45, 7) is 4.72. The molecule has 23 heavy (non-hydrogen) atoms. The lowest BCUT2D eigenvalue weighted by atomic mass is 10.2. The van der Waals surface area contributed by atoms with Crippen LogP contribution in [0.5, 0.6) is 0 Å². The Kier molecular flexibility index (Phi) is 5.25. The standard InChI is InChI=1S/C17H23N3O3/c1-13-5-7-20-11-15(19-16(20)10-13)17(21)18-6-3-8-22-12-14-4-2-9-23-14/h5,7,10-11,14H,2-4,6,8-9,12H2,1H3,(H,18,21)/t14-/m0/s1. The Labute approximate surface area is 135 Å². The van der Waals surface area contributed by atoms with Gasteiger partial charge in [0.05, 0.1) is 12.7 Å². The maximum absolute atomic E-state index is 12.1. The maximum Gasteiger partial charge on any atom is 0.271 e. The second-order valence-electron chi connectivity index (χ2n) is 5.92. The fraction of sp³-hybridized carbons (Fsp3) is 0.529. The Bertz CT molecular complexity index is 662. The molecule has 2 aromatic rings. The number of nitrogens with zero attached hydrogens (tertiary/aromatic N) is 2. The van der Waals surface area contributed by atoms with Gasteiger partial charge in [0.1, 0.15) is 11.3 Å². The Morgan fingerprint density at radius 2 is 2.48 bits per heavy atom. The van der Waals surface area contributed by atoms with Crippen molar-refractivity contribution >= 4 is 11.6 Å². The number of ether oxygens (including phenoxy) is 2. The van der Waals surface area contributed by atoms with Crippen molar-refractivity contribution in [3.8, 4) is 0 Å². The molecule has 124 valence electrons. The van der Waals surface area contributed by atoms with E-state index in [4.69, 9.17) is 9.47 Å². The number of fused-ring (bicyclic) bond motifs is 1. The van der Waals surface area contributed by atoms with Crippen LogP contribution in [0.25, 0.3) is 5.65 Å². The van der Waals surface area contributed by atoms with Gasteiger partial charge in [-0.25, -0.2) is 4.98 Å². The number of rotatable bonds is 7. The topological polar surface area (TPSA) is 64.9 Å². The summed E-state index contributed by atoms with van der Waals surface area (Å²) < 4.78 is 12.9. The van der Waals surface area contributed by atoms with Gasteiger partial charge in [-0.2, -0.15) is 0 Å². The van der Waals surface area contributed by atoms with E-state index in [1.54, 1.807) is 6.20 Å². The minimum Gasteiger partial charge on any atom is -0.379 e. The summed E-state index contributed by atoms with van der Waals surface area (Å²) in [6, 6.07) is 3.94. The Hall–Kier alpha value is -1.92. The Morgan fingerprint density at radius 1 is 1.57 bits per heavy atom. The molecule has 1 saturated heterocycles. The molecule has 0 bridgehead atoms. The first-order chi connectivity index (χ1) is 11.2. The van der Waals surface area contributed by atoms with Crippen molar-refractivity contribution in [1.82, 2.24) is 14.7 Å². The molecule has 3 rings (SSSR count). The maximum atomic E-state index is 12.1.